The average Bonchev–Trinajstić information content (AvgIpc) is 2.86. The van der Waals surface area contributed by atoms with Gasteiger partial charge in [-0.1, -0.05) is 44.9 Å². The van der Waals surface area contributed by atoms with Crippen molar-refractivity contribution in [1.82, 2.24) is 4.98 Å². The van der Waals surface area contributed by atoms with Crippen LogP contribution in [-0.4, -0.2) is 17.1 Å². The summed E-state index contributed by atoms with van der Waals surface area (Å²) < 4.78 is 5.53. The number of carbonyl (C=O) groups is 1. The SMILES string of the molecule is CCCCC(OC(C)=O)C(C)c1c[nH]c2ccccc12. The fourth-order valence-corrected chi connectivity index (χ4v) is 2.70. The Labute approximate surface area is 120 Å². The Morgan fingerprint density at radius 3 is 2.80 bits per heavy atom. The third-order valence-electron chi connectivity index (χ3n) is 3.83. The molecule has 3 heteroatoms. The molecule has 0 fully saturated rings. The van der Waals surface area contributed by atoms with Crippen LogP contribution in [0.2, 0.25) is 0 Å². The minimum absolute atomic E-state index is 0.0494. The number of aromatic nitrogens is 1. The van der Waals surface area contributed by atoms with Gasteiger partial charge in [-0.05, 0) is 18.1 Å². The minimum Gasteiger partial charge on any atom is -0.462 e. The lowest BCUT2D eigenvalue weighted by molar-refractivity contribution is -0.147. The molecule has 0 aliphatic rings. The van der Waals surface area contributed by atoms with E-state index in [9.17, 15) is 4.79 Å². The van der Waals surface area contributed by atoms with E-state index in [1.165, 1.54) is 17.9 Å². The Balaban J connectivity index is 2.25. The molecule has 0 aliphatic heterocycles. The first-order valence-electron chi connectivity index (χ1n) is 7.36. The summed E-state index contributed by atoms with van der Waals surface area (Å²) in [6.07, 6.45) is 5.09. The third-order valence-corrected chi connectivity index (χ3v) is 3.83. The molecule has 0 radical (unpaired) electrons. The molecule has 108 valence electrons. The van der Waals surface area contributed by atoms with Gasteiger partial charge in [0, 0.05) is 29.9 Å². The number of rotatable bonds is 6. The molecule has 2 unspecified atom stereocenters. The summed E-state index contributed by atoms with van der Waals surface area (Å²) in [4.78, 5) is 14.6. The highest BCUT2D eigenvalue weighted by Gasteiger charge is 2.23. The molecule has 0 spiro atoms. The number of H-pyrrole nitrogens is 1. The summed E-state index contributed by atoms with van der Waals surface area (Å²) in [5, 5.41) is 1.22. The van der Waals surface area contributed by atoms with Crippen molar-refractivity contribution >= 4 is 16.9 Å². The van der Waals surface area contributed by atoms with Crippen molar-refractivity contribution in [3.63, 3.8) is 0 Å². The molecule has 1 aromatic heterocycles. The van der Waals surface area contributed by atoms with Crippen LogP contribution in [-0.2, 0) is 9.53 Å². The molecule has 1 heterocycles. The maximum absolute atomic E-state index is 11.3. The van der Waals surface area contributed by atoms with Crippen LogP contribution in [0.15, 0.2) is 30.5 Å². The van der Waals surface area contributed by atoms with Gasteiger partial charge in [0.2, 0.25) is 0 Å². The fraction of sp³-hybridized carbons (Fsp3) is 0.471. The number of carbonyl (C=O) groups excluding carboxylic acids is 1. The molecule has 2 atom stereocenters. The molecule has 0 amide bonds. The van der Waals surface area contributed by atoms with E-state index in [1.807, 2.05) is 18.3 Å². The van der Waals surface area contributed by atoms with Crippen molar-refractivity contribution in [3.05, 3.63) is 36.0 Å². The number of aromatic amines is 1. The van der Waals surface area contributed by atoms with Crippen molar-refractivity contribution in [2.45, 2.75) is 52.1 Å². The zero-order valence-corrected chi connectivity index (χ0v) is 12.5. The molecule has 20 heavy (non-hydrogen) atoms. The summed E-state index contributed by atoms with van der Waals surface area (Å²) in [6, 6.07) is 8.24. The van der Waals surface area contributed by atoms with Crippen molar-refractivity contribution < 1.29 is 9.53 Å². The molecule has 0 bridgehead atoms. The molecular formula is C17H23NO2. The number of unbranched alkanes of at least 4 members (excludes halogenated alkanes) is 1. The van der Waals surface area contributed by atoms with Gasteiger partial charge < -0.3 is 9.72 Å². The van der Waals surface area contributed by atoms with Crippen molar-refractivity contribution in [2.24, 2.45) is 0 Å². The number of benzene rings is 1. The van der Waals surface area contributed by atoms with Gasteiger partial charge in [0.15, 0.2) is 0 Å². The summed E-state index contributed by atoms with van der Waals surface area (Å²) in [6.45, 7) is 5.78. The summed E-state index contributed by atoms with van der Waals surface area (Å²) in [5.74, 6) is -0.000561. The molecule has 0 aliphatic carbocycles. The van der Waals surface area contributed by atoms with E-state index in [0.29, 0.717) is 0 Å². The number of fused-ring (bicyclic) bond motifs is 1. The Bertz CT molecular complexity index is 573. The number of hydrogen-bond donors (Lipinski definition) is 1. The van der Waals surface area contributed by atoms with Crippen LogP contribution < -0.4 is 0 Å². The Kier molecular flexibility index (Phi) is 4.83. The van der Waals surface area contributed by atoms with Crippen LogP contribution in [0.1, 0.15) is 51.5 Å². The zero-order chi connectivity index (χ0) is 14.5. The lowest BCUT2D eigenvalue weighted by atomic mass is 9.91. The molecule has 0 saturated carbocycles. The van der Waals surface area contributed by atoms with Crippen LogP contribution in [0.5, 0.6) is 0 Å². The molecule has 1 aromatic carbocycles. The highest BCUT2D eigenvalue weighted by Crippen LogP contribution is 2.31. The molecular weight excluding hydrogens is 250 g/mol. The second-order valence-electron chi connectivity index (χ2n) is 5.37. The van der Waals surface area contributed by atoms with Crippen molar-refractivity contribution in [3.8, 4) is 0 Å². The van der Waals surface area contributed by atoms with E-state index < -0.39 is 0 Å². The van der Waals surface area contributed by atoms with Crippen LogP contribution in [0.4, 0.5) is 0 Å². The molecule has 2 aromatic rings. The minimum atomic E-state index is -0.196. The standard InChI is InChI=1S/C17H23NO2/c1-4-5-10-17(20-13(3)19)12(2)15-11-18-16-9-7-6-8-14(15)16/h6-9,11-12,17-18H,4-5,10H2,1-3H3. The lowest BCUT2D eigenvalue weighted by Gasteiger charge is -2.23. The second kappa shape index (κ2) is 6.60. The number of nitrogens with one attached hydrogen (secondary N) is 1. The Morgan fingerprint density at radius 2 is 2.10 bits per heavy atom. The van der Waals surface area contributed by atoms with E-state index in [0.717, 1.165) is 24.8 Å². The van der Waals surface area contributed by atoms with E-state index in [2.05, 4.69) is 31.0 Å². The highest BCUT2D eigenvalue weighted by atomic mass is 16.5. The first kappa shape index (κ1) is 14.6. The van der Waals surface area contributed by atoms with Crippen LogP contribution in [0.25, 0.3) is 10.9 Å². The fourth-order valence-electron chi connectivity index (χ4n) is 2.70. The number of ether oxygens (including phenoxy) is 1. The lowest BCUT2D eigenvalue weighted by Crippen LogP contribution is -2.22. The van der Waals surface area contributed by atoms with Gasteiger partial charge >= 0.3 is 5.97 Å². The predicted octanol–water partition coefficient (Wildman–Crippen LogP) is 4.39. The van der Waals surface area contributed by atoms with Gasteiger partial charge in [-0.3, -0.25) is 4.79 Å². The summed E-state index contributed by atoms with van der Waals surface area (Å²) >= 11 is 0. The van der Waals surface area contributed by atoms with Gasteiger partial charge in [-0.15, -0.1) is 0 Å². The molecule has 1 N–H and O–H groups in total. The van der Waals surface area contributed by atoms with Gasteiger partial charge in [0.05, 0.1) is 0 Å². The largest absolute Gasteiger partial charge is 0.462 e. The van der Waals surface area contributed by atoms with E-state index in [4.69, 9.17) is 4.74 Å². The topological polar surface area (TPSA) is 42.1 Å². The average molecular weight is 273 g/mol. The predicted molar refractivity (Wildman–Crippen MR) is 81.8 cm³/mol. The highest BCUT2D eigenvalue weighted by molar-refractivity contribution is 5.83. The Hall–Kier alpha value is -1.77. The zero-order valence-electron chi connectivity index (χ0n) is 12.5. The van der Waals surface area contributed by atoms with Crippen LogP contribution in [0, 0.1) is 0 Å². The smallest absolute Gasteiger partial charge is 0.302 e. The molecule has 3 nitrogen and oxygen atoms in total. The quantitative estimate of drug-likeness (QED) is 0.793. The van der Waals surface area contributed by atoms with Gasteiger partial charge in [0.25, 0.3) is 0 Å². The number of hydrogen-bond acceptors (Lipinski definition) is 2. The first-order chi connectivity index (χ1) is 9.63. The van der Waals surface area contributed by atoms with Crippen LogP contribution >= 0.6 is 0 Å². The van der Waals surface area contributed by atoms with E-state index in [1.54, 1.807) is 0 Å². The van der Waals surface area contributed by atoms with Crippen LogP contribution in [0.3, 0.4) is 0 Å². The van der Waals surface area contributed by atoms with Crippen molar-refractivity contribution in [2.75, 3.05) is 0 Å². The summed E-state index contributed by atoms with van der Waals surface area (Å²) in [5.41, 5.74) is 2.36. The van der Waals surface area contributed by atoms with Gasteiger partial charge in [0.1, 0.15) is 6.10 Å². The molecule has 2 rings (SSSR count). The summed E-state index contributed by atoms with van der Waals surface area (Å²) in [7, 11) is 0. The van der Waals surface area contributed by atoms with Crippen molar-refractivity contribution in [1.29, 1.82) is 0 Å². The van der Waals surface area contributed by atoms with E-state index in [-0.39, 0.29) is 18.0 Å². The third kappa shape index (κ3) is 3.21. The monoisotopic (exact) mass is 273 g/mol. The normalized spacial score (nSPS) is 14.2. The van der Waals surface area contributed by atoms with E-state index >= 15 is 0 Å². The van der Waals surface area contributed by atoms with Gasteiger partial charge in [-0.25, -0.2) is 0 Å². The number of para-hydroxylation sites is 1. The second-order valence-corrected chi connectivity index (χ2v) is 5.37. The molecule has 0 saturated heterocycles. The van der Waals surface area contributed by atoms with Gasteiger partial charge in [-0.2, -0.15) is 0 Å². The maximum Gasteiger partial charge on any atom is 0.302 e. The Morgan fingerprint density at radius 1 is 1.35 bits per heavy atom. The number of esters is 1. The maximum atomic E-state index is 11.3. The first-order valence-corrected chi connectivity index (χ1v) is 7.36.